The van der Waals surface area contributed by atoms with Gasteiger partial charge in [-0.1, -0.05) is 0 Å². The third-order valence-corrected chi connectivity index (χ3v) is 1.66. The van der Waals surface area contributed by atoms with Gasteiger partial charge in [-0.3, -0.25) is 0 Å². The molecule has 2 atom stereocenters. The van der Waals surface area contributed by atoms with Gasteiger partial charge in [0.25, 0.3) is 0 Å². The van der Waals surface area contributed by atoms with Crippen molar-refractivity contribution in [2.75, 3.05) is 6.61 Å². The Kier molecular flexibility index (Phi) is 0.893. The van der Waals surface area contributed by atoms with Crippen LogP contribution in [0.15, 0.2) is 0 Å². The fourth-order valence-corrected chi connectivity index (χ4v) is 1.16. The van der Waals surface area contributed by atoms with Gasteiger partial charge in [0.1, 0.15) is 6.61 Å². The van der Waals surface area contributed by atoms with E-state index in [4.69, 9.17) is 0 Å². The van der Waals surface area contributed by atoms with Crippen LogP contribution in [0.3, 0.4) is 0 Å². The molecule has 10 heavy (non-hydrogen) atoms. The van der Waals surface area contributed by atoms with Gasteiger partial charge in [-0.05, 0) is 0 Å². The number of hydrogen-bond acceptors (Lipinski definition) is 3. The van der Waals surface area contributed by atoms with Crippen molar-refractivity contribution < 1.29 is 14.3 Å². The Labute approximate surface area is 56.7 Å². The summed E-state index contributed by atoms with van der Waals surface area (Å²) in [6.45, 7) is 0.294. The lowest BCUT2D eigenvalue weighted by Crippen LogP contribution is -2.34. The number of carbonyl (C=O) groups excluding carboxylic acids is 2. The topological polar surface area (TPSA) is 67.4 Å². The van der Waals surface area contributed by atoms with Gasteiger partial charge >= 0.3 is 12.0 Å². The SMILES string of the molecule is O=C1N[C@H]2COC(=O)[C@H]2N1. The zero-order valence-electron chi connectivity index (χ0n) is 5.09. The number of rotatable bonds is 0. The van der Waals surface area contributed by atoms with Gasteiger partial charge < -0.3 is 15.4 Å². The molecule has 2 heterocycles. The highest BCUT2D eigenvalue weighted by atomic mass is 16.5. The molecule has 5 heteroatoms. The minimum Gasteiger partial charge on any atom is -0.462 e. The maximum atomic E-state index is 10.7. The molecular weight excluding hydrogens is 136 g/mol. The van der Waals surface area contributed by atoms with Crippen LogP contribution in [0.1, 0.15) is 0 Å². The van der Waals surface area contributed by atoms with Gasteiger partial charge in [0.15, 0.2) is 6.04 Å². The summed E-state index contributed by atoms with van der Waals surface area (Å²) in [4.78, 5) is 21.3. The molecule has 0 aromatic rings. The largest absolute Gasteiger partial charge is 0.462 e. The van der Waals surface area contributed by atoms with Crippen LogP contribution in [0.25, 0.3) is 0 Å². The minimum atomic E-state index is -0.451. The van der Waals surface area contributed by atoms with E-state index in [1.54, 1.807) is 0 Å². The third kappa shape index (κ3) is 0.570. The van der Waals surface area contributed by atoms with Gasteiger partial charge in [0.05, 0.1) is 6.04 Å². The summed E-state index contributed by atoms with van der Waals surface area (Å²) >= 11 is 0. The maximum absolute atomic E-state index is 10.7. The number of nitrogens with one attached hydrogen (secondary N) is 2. The average Bonchev–Trinajstić information content (AvgIpc) is 2.35. The fraction of sp³-hybridized carbons (Fsp3) is 0.600. The van der Waals surface area contributed by atoms with Crippen molar-refractivity contribution in [3.63, 3.8) is 0 Å². The van der Waals surface area contributed by atoms with Crippen LogP contribution in [-0.2, 0) is 9.53 Å². The maximum Gasteiger partial charge on any atom is 0.331 e. The van der Waals surface area contributed by atoms with Crippen molar-refractivity contribution in [1.82, 2.24) is 10.6 Å². The monoisotopic (exact) mass is 142 g/mol. The first-order chi connectivity index (χ1) is 4.77. The predicted octanol–water partition coefficient (Wildman–Crippen LogP) is -1.41. The van der Waals surface area contributed by atoms with E-state index in [9.17, 15) is 9.59 Å². The molecule has 2 rings (SSSR count). The summed E-state index contributed by atoms with van der Waals surface area (Å²) in [7, 11) is 0. The molecule has 0 saturated carbocycles. The van der Waals surface area contributed by atoms with Crippen LogP contribution in [0.2, 0.25) is 0 Å². The molecule has 0 aliphatic carbocycles. The number of ether oxygens (including phenoxy) is 1. The van der Waals surface area contributed by atoms with E-state index in [0.717, 1.165) is 0 Å². The second-order valence-corrected chi connectivity index (χ2v) is 2.33. The second kappa shape index (κ2) is 1.62. The van der Waals surface area contributed by atoms with Crippen LogP contribution in [0, 0.1) is 0 Å². The van der Waals surface area contributed by atoms with Crippen LogP contribution in [0.4, 0.5) is 4.79 Å². The molecule has 0 unspecified atom stereocenters. The molecule has 0 spiro atoms. The molecule has 0 bridgehead atoms. The third-order valence-electron chi connectivity index (χ3n) is 1.66. The number of esters is 1. The smallest absolute Gasteiger partial charge is 0.331 e. The Morgan fingerprint density at radius 2 is 2.20 bits per heavy atom. The molecule has 2 fully saturated rings. The summed E-state index contributed by atoms with van der Waals surface area (Å²) in [6, 6.07) is -0.890. The van der Waals surface area contributed by atoms with E-state index >= 15 is 0 Å². The van der Waals surface area contributed by atoms with Crippen molar-refractivity contribution in [2.45, 2.75) is 12.1 Å². The van der Waals surface area contributed by atoms with Crippen molar-refractivity contribution >= 4 is 12.0 Å². The second-order valence-electron chi connectivity index (χ2n) is 2.33. The van der Waals surface area contributed by atoms with Crippen LogP contribution in [0.5, 0.6) is 0 Å². The highest BCUT2D eigenvalue weighted by Crippen LogP contribution is 2.11. The van der Waals surface area contributed by atoms with E-state index in [0.29, 0.717) is 6.61 Å². The summed E-state index contributed by atoms with van der Waals surface area (Å²) < 4.78 is 4.65. The summed E-state index contributed by atoms with van der Waals surface area (Å²) in [5.41, 5.74) is 0. The molecule has 0 aromatic carbocycles. The van der Waals surface area contributed by atoms with E-state index in [2.05, 4.69) is 15.4 Å². The molecule has 2 aliphatic heterocycles. The lowest BCUT2D eigenvalue weighted by atomic mass is 10.2. The molecule has 5 nitrogen and oxygen atoms in total. The zero-order chi connectivity index (χ0) is 7.14. The van der Waals surface area contributed by atoms with Crippen molar-refractivity contribution in [1.29, 1.82) is 0 Å². The van der Waals surface area contributed by atoms with Crippen molar-refractivity contribution in [3.8, 4) is 0 Å². The molecule has 0 aromatic heterocycles. The summed E-state index contributed by atoms with van der Waals surface area (Å²) in [5, 5.41) is 4.99. The highest BCUT2D eigenvalue weighted by molar-refractivity contribution is 5.90. The normalized spacial score (nSPS) is 36.4. The van der Waals surface area contributed by atoms with Gasteiger partial charge in [-0.25, -0.2) is 9.59 Å². The Morgan fingerprint density at radius 1 is 1.40 bits per heavy atom. The highest BCUT2D eigenvalue weighted by Gasteiger charge is 2.43. The predicted molar refractivity (Wildman–Crippen MR) is 30.2 cm³/mol. The molecule has 2 saturated heterocycles. The number of fused-ring (bicyclic) bond motifs is 1. The van der Waals surface area contributed by atoms with Gasteiger partial charge in [-0.2, -0.15) is 0 Å². The molecule has 54 valence electrons. The van der Waals surface area contributed by atoms with Crippen LogP contribution >= 0.6 is 0 Å². The van der Waals surface area contributed by atoms with Gasteiger partial charge in [0.2, 0.25) is 0 Å². The Morgan fingerprint density at radius 3 is 2.90 bits per heavy atom. The Balaban J connectivity index is 2.19. The first-order valence-corrected chi connectivity index (χ1v) is 3.01. The first-order valence-electron chi connectivity index (χ1n) is 3.01. The summed E-state index contributed by atoms with van der Waals surface area (Å²) in [5.74, 6) is -0.344. The number of urea groups is 1. The van der Waals surface area contributed by atoms with E-state index in [1.165, 1.54) is 0 Å². The van der Waals surface area contributed by atoms with Crippen LogP contribution < -0.4 is 10.6 Å². The van der Waals surface area contributed by atoms with Crippen LogP contribution in [-0.4, -0.2) is 30.7 Å². The van der Waals surface area contributed by atoms with Gasteiger partial charge in [-0.15, -0.1) is 0 Å². The molecule has 2 N–H and O–H groups in total. The number of hydrogen-bond donors (Lipinski definition) is 2. The first kappa shape index (κ1) is 5.52. The number of amides is 2. The van der Waals surface area contributed by atoms with Crippen molar-refractivity contribution in [3.05, 3.63) is 0 Å². The quantitative estimate of drug-likeness (QED) is 0.408. The Bertz CT molecular complexity index is 203. The van der Waals surface area contributed by atoms with E-state index < -0.39 is 6.04 Å². The number of cyclic esters (lactones) is 1. The van der Waals surface area contributed by atoms with Gasteiger partial charge in [0, 0.05) is 0 Å². The lowest BCUT2D eigenvalue weighted by Gasteiger charge is -1.97. The lowest BCUT2D eigenvalue weighted by molar-refractivity contribution is -0.139. The van der Waals surface area contributed by atoms with E-state index in [1.807, 2.05) is 0 Å². The molecule has 0 radical (unpaired) electrons. The van der Waals surface area contributed by atoms with E-state index in [-0.39, 0.29) is 18.0 Å². The average molecular weight is 142 g/mol. The molecule has 2 amide bonds. The zero-order valence-corrected chi connectivity index (χ0v) is 5.09. The molecule has 2 aliphatic rings. The fourth-order valence-electron chi connectivity index (χ4n) is 1.16. The molecular formula is C5H6N2O3. The van der Waals surface area contributed by atoms with Crippen molar-refractivity contribution in [2.24, 2.45) is 0 Å². The minimum absolute atomic E-state index is 0.153. The Hall–Kier alpha value is -1.26. The summed E-state index contributed by atoms with van der Waals surface area (Å²) in [6.07, 6.45) is 0. The standard InChI is InChI=1S/C5H6N2O3/c8-4-3-2(1-10-4)6-5(9)7-3/h2-3H,1H2,(H2,6,7,9)/t2-,3-/m0/s1. The number of carbonyl (C=O) groups is 2.